The summed E-state index contributed by atoms with van der Waals surface area (Å²) in [4.78, 5) is 18.1. The minimum atomic E-state index is 0.244. The van der Waals surface area contributed by atoms with E-state index in [1.165, 1.54) is 0 Å². The Morgan fingerprint density at radius 2 is 1.68 bits per heavy atom. The van der Waals surface area contributed by atoms with Crippen LogP contribution in [0.4, 0.5) is 5.95 Å². The molecule has 0 aliphatic rings. The second-order valence-corrected chi connectivity index (χ2v) is 7.34. The summed E-state index contributed by atoms with van der Waals surface area (Å²) < 4.78 is 0. The molecule has 0 saturated carbocycles. The first kappa shape index (κ1) is 18.3. The second kappa shape index (κ2) is 7.52. The van der Waals surface area contributed by atoms with Gasteiger partial charge in [0, 0.05) is 17.7 Å². The van der Waals surface area contributed by atoms with Crippen molar-refractivity contribution in [2.45, 2.75) is 26.2 Å². The second-order valence-electron chi connectivity index (χ2n) is 6.98. The van der Waals surface area contributed by atoms with Gasteiger partial charge in [-0.2, -0.15) is 0 Å². The molecule has 0 bridgehead atoms. The summed E-state index contributed by atoms with van der Waals surface area (Å²) >= 11 is 6.45. The van der Waals surface area contributed by atoms with E-state index in [4.69, 9.17) is 22.3 Å². The summed E-state index contributed by atoms with van der Waals surface area (Å²) in [5, 5.41) is 0.444. The summed E-state index contributed by atoms with van der Waals surface area (Å²) in [5.41, 5.74) is 11.8. The Morgan fingerprint density at radius 1 is 0.893 bits per heavy atom. The van der Waals surface area contributed by atoms with Gasteiger partial charge >= 0.3 is 0 Å². The summed E-state index contributed by atoms with van der Waals surface area (Å²) in [5.74, 6) is 0.555. The molecule has 2 N–H and O–H groups in total. The third-order valence-corrected chi connectivity index (χ3v) is 4.87. The van der Waals surface area contributed by atoms with Gasteiger partial charge in [0.05, 0.1) is 16.9 Å². The van der Waals surface area contributed by atoms with Crippen molar-refractivity contribution in [2.75, 3.05) is 5.73 Å². The highest BCUT2D eigenvalue weighted by Gasteiger charge is 2.14. The Kier molecular flexibility index (Phi) is 4.92. The molecule has 0 fully saturated rings. The Morgan fingerprint density at radius 3 is 2.39 bits per heavy atom. The fourth-order valence-electron chi connectivity index (χ4n) is 3.12. The van der Waals surface area contributed by atoms with Crippen LogP contribution in [0.25, 0.3) is 22.3 Å². The lowest BCUT2D eigenvalue weighted by molar-refractivity contribution is 0.823. The van der Waals surface area contributed by atoms with Crippen LogP contribution in [0.5, 0.6) is 0 Å². The molecule has 3 aromatic heterocycles. The number of nitrogens with two attached hydrogens (primary N) is 1. The molecule has 0 saturated heterocycles. The van der Waals surface area contributed by atoms with Gasteiger partial charge < -0.3 is 5.73 Å². The minimum Gasteiger partial charge on any atom is -0.368 e. The van der Waals surface area contributed by atoms with Crippen LogP contribution in [0.2, 0.25) is 5.15 Å². The molecule has 0 aliphatic carbocycles. The molecule has 3 heterocycles. The molecule has 6 heteroatoms. The molecule has 0 amide bonds. The highest BCUT2D eigenvalue weighted by Crippen LogP contribution is 2.29. The normalized spacial score (nSPS) is 11.3. The van der Waals surface area contributed by atoms with Crippen LogP contribution >= 0.6 is 11.6 Å². The number of hydrogen-bond acceptors (Lipinski definition) is 5. The van der Waals surface area contributed by atoms with Crippen molar-refractivity contribution in [3.05, 3.63) is 76.7 Å². The van der Waals surface area contributed by atoms with E-state index >= 15 is 0 Å². The number of fused-ring (bicyclic) bond motifs is 1. The van der Waals surface area contributed by atoms with Crippen LogP contribution in [-0.4, -0.2) is 19.9 Å². The lowest BCUT2D eigenvalue weighted by atomic mass is 10.1. The molecule has 0 radical (unpaired) electrons. The molecule has 1 aromatic carbocycles. The molecule has 0 atom stereocenters. The molecular weight excluding hydrogens is 370 g/mol. The first-order valence-electron chi connectivity index (χ1n) is 9.15. The quantitative estimate of drug-likeness (QED) is 0.495. The Balaban J connectivity index is 1.82. The first-order valence-corrected chi connectivity index (χ1v) is 9.53. The largest absolute Gasteiger partial charge is 0.368 e. The van der Waals surface area contributed by atoms with E-state index < -0.39 is 0 Å². The van der Waals surface area contributed by atoms with Crippen LogP contribution in [0.1, 0.15) is 36.7 Å². The van der Waals surface area contributed by atoms with Gasteiger partial charge in [0.25, 0.3) is 0 Å². The van der Waals surface area contributed by atoms with Crippen molar-refractivity contribution in [2.24, 2.45) is 0 Å². The number of rotatable bonds is 4. The number of pyridine rings is 2. The predicted octanol–water partition coefficient (Wildman–Crippen LogP) is 5.04. The number of halogens is 1. The van der Waals surface area contributed by atoms with Crippen molar-refractivity contribution in [3.63, 3.8) is 0 Å². The molecule has 4 rings (SSSR count). The maximum atomic E-state index is 6.45. The Labute approximate surface area is 168 Å². The van der Waals surface area contributed by atoms with Gasteiger partial charge in [-0.15, -0.1) is 0 Å². The number of anilines is 1. The highest BCUT2D eigenvalue weighted by atomic mass is 35.5. The van der Waals surface area contributed by atoms with Crippen LogP contribution in [0.3, 0.4) is 0 Å². The fourth-order valence-corrected chi connectivity index (χ4v) is 3.37. The summed E-state index contributed by atoms with van der Waals surface area (Å²) in [6.07, 6.45) is 0.624. The van der Waals surface area contributed by atoms with Crippen LogP contribution in [0.15, 0.2) is 54.6 Å². The van der Waals surface area contributed by atoms with Crippen molar-refractivity contribution in [3.8, 4) is 11.3 Å². The molecule has 0 aliphatic heterocycles. The summed E-state index contributed by atoms with van der Waals surface area (Å²) in [6, 6.07) is 17.8. The SMILES string of the molecule is CC(C)c1ccc(-c2ccc3nc(N)nc(Cc4ccccc4)c3n2)c(Cl)n1. The van der Waals surface area contributed by atoms with Gasteiger partial charge in [0.15, 0.2) is 0 Å². The molecule has 28 heavy (non-hydrogen) atoms. The van der Waals surface area contributed by atoms with Crippen LogP contribution < -0.4 is 5.73 Å². The van der Waals surface area contributed by atoms with E-state index in [0.29, 0.717) is 23.0 Å². The van der Waals surface area contributed by atoms with E-state index in [0.717, 1.165) is 33.7 Å². The zero-order valence-electron chi connectivity index (χ0n) is 15.7. The molecule has 140 valence electrons. The van der Waals surface area contributed by atoms with E-state index in [1.54, 1.807) is 0 Å². The Bertz CT molecular complexity index is 1140. The van der Waals surface area contributed by atoms with Crippen molar-refractivity contribution < 1.29 is 0 Å². The van der Waals surface area contributed by atoms with E-state index in [2.05, 4.69) is 40.9 Å². The van der Waals surface area contributed by atoms with Gasteiger partial charge in [-0.05, 0) is 35.7 Å². The lowest BCUT2D eigenvalue weighted by Crippen LogP contribution is -2.04. The zero-order chi connectivity index (χ0) is 19.7. The van der Waals surface area contributed by atoms with Gasteiger partial charge in [-0.25, -0.2) is 19.9 Å². The van der Waals surface area contributed by atoms with E-state index in [9.17, 15) is 0 Å². The number of aromatic nitrogens is 4. The van der Waals surface area contributed by atoms with E-state index in [-0.39, 0.29) is 5.95 Å². The van der Waals surface area contributed by atoms with Gasteiger partial charge in [0.1, 0.15) is 10.7 Å². The zero-order valence-corrected chi connectivity index (χ0v) is 16.5. The fraction of sp³-hybridized carbons (Fsp3) is 0.182. The molecular formula is C22H20ClN5. The predicted molar refractivity (Wildman–Crippen MR) is 113 cm³/mol. The lowest BCUT2D eigenvalue weighted by Gasteiger charge is -2.11. The van der Waals surface area contributed by atoms with Crippen LogP contribution in [-0.2, 0) is 6.42 Å². The third-order valence-electron chi connectivity index (χ3n) is 4.58. The molecule has 4 aromatic rings. The molecule has 0 spiro atoms. The van der Waals surface area contributed by atoms with Gasteiger partial charge in [-0.1, -0.05) is 55.8 Å². The van der Waals surface area contributed by atoms with Gasteiger partial charge in [0.2, 0.25) is 5.95 Å². The smallest absolute Gasteiger partial charge is 0.220 e. The first-order chi connectivity index (χ1) is 13.5. The van der Waals surface area contributed by atoms with Crippen molar-refractivity contribution in [1.29, 1.82) is 0 Å². The summed E-state index contributed by atoms with van der Waals surface area (Å²) in [6.45, 7) is 4.18. The average molecular weight is 390 g/mol. The number of nitrogens with zero attached hydrogens (tertiary/aromatic N) is 4. The topological polar surface area (TPSA) is 77.6 Å². The number of benzene rings is 1. The highest BCUT2D eigenvalue weighted by molar-refractivity contribution is 6.32. The minimum absolute atomic E-state index is 0.244. The molecule has 5 nitrogen and oxygen atoms in total. The van der Waals surface area contributed by atoms with Crippen molar-refractivity contribution >= 4 is 28.6 Å². The van der Waals surface area contributed by atoms with Crippen LogP contribution in [0, 0.1) is 0 Å². The molecule has 0 unspecified atom stereocenters. The Hall–Kier alpha value is -3.05. The monoisotopic (exact) mass is 389 g/mol. The standard InChI is InChI=1S/C22H20ClN5/c1-13(2)16-9-8-15(21(23)26-16)17-10-11-18-20(25-17)19(28-22(24)27-18)12-14-6-4-3-5-7-14/h3-11,13H,12H2,1-2H3,(H2,24,27,28). The number of nitrogen functional groups attached to an aromatic ring is 1. The van der Waals surface area contributed by atoms with E-state index in [1.807, 2.05) is 42.5 Å². The number of hydrogen-bond donors (Lipinski definition) is 1. The maximum absolute atomic E-state index is 6.45. The maximum Gasteiger partial charge on any atom is 0.220 e. The third kappa shape index (κ3) is 3.66. The van der Waals surface area contributed by atoms with Gasteiger partial charge in [-0.3, -0.25) is 0 Å². The van der Waals surface area contributed by atoms with Crippen molar-refractivity contribution in [1.82, 2.24) is 19.9 Å². The average Bonchev–Trinajstić information content (AvgIpc) is 2.68. The summed E-state index contributed by atoms with van der Waals surface area (Å²) in [7, 11) is 0.